The third-order valence-electron chi connectivity index (χ3n) is 4.15. The molecule has 25 heavy (non-hydrogen) atoms. The molecule has 0 spiro atoms. The van der Waals surface area contributed by atoms with E-state index in [0.717, 1.165) is 20.3 Å². The van der Waals surface area contributed by atoms with E-state index in [1.807, 2.05) is 13.0 Å². The number of hydrogen-bond acceptors (Lipinski definition) is 6. The fourth-order valence-corrected chi connectivity index (χ4v) is 2.38. The summed E-state index contributed by atoms with van der Waals surface area (Å²) in [5.41, 5.74) is 5.86. The molecule has 1 aromatic carbocycles. The largest absolute Gasteiger partial charge is 0.454 e. The van der Waals surface area contributed by atoms with E-state index in [1.165, 1.54) is 14.1 Å². The molecule has 0 amide bonds. The van der Waals surface area contributed by atoms with Crippen molar-refractivity contribution in [2.45, 2.75) is 13.8 Å². The molecular formula is C17H19N3O5. The predicted molar refractivity (Wildman–Crippen MR) is 91.9 cm³/mol. The maximum atomic E-state index is 12.3. The molecule has 132 valence electrons. The molecule has 0 radical (unpaired) electrons. The van der Waals surface area contributed by atoms with Crippen LogP contribution in [0.25, 0.3) is 0 Å². The number of aromatic nitrogens is 2. The number of nitrogens with two attached hydrogens (primary N) is 1. The number of esters is 1. The number of aryl methyl sites for hydroxylation is 1. The predicted octanol–water partition coefficient (Wildman–Crippen LogP) is 0.323. The lowest BCUT2D eigenvalue weighted by atomic mass is 10.0. The van der Waals surface area contributed by atoms with Crippen LogP contribution in [0.2, 0.25) is 0 Å². The number of ketones is 1. The van der Waals surface area contributed by atoms with Crippen molar-refractivity contribution >= 4 is 17.6 Å². The van der Waals surface area contributed by atoms with Crippen molar-refractivity contribution in [1.29, 1.82) is 0 Å². The van der Waals surface area contributed by atoms with Crippen LogP contribution in [0, 0.1) is 13.8 Å². The molecule has 2 N–H and O–H groups in total. The van der Waals surface area contributed by atoms with Crippen LogP contribution in [0.5, 0.6) is 0 Å². The van der Waals surface area contributed by atoms with Crippen LogP contribution in [0.15, 0.2) is 27.8 Å². The number of anilines is 1. The Morgan fingerprint density at radius 2 is 1.76 bits per heavy atom. The summed E-state index contributed by atoms with van der Waals surface area (Å²) in [6.45, 7) is 2.98. The second kappa shape index (κ2) is 6.76. The van der Waals surface area contributed by atoms with Gasteiger partial charge in [0.1, 0.15) is 11.4 Å². The Bertz CT molecular complexity index is 985. The van der Waals surface area contributed by atoms with Gasteiger partial charge < -0.3 is 10.5 Å². The fraction of sp³-hybridized carbons (Fsp3) is 0.294. The molecule has 8 heteroatoms. The number of hydrogen-bond donors (Lipinski definition) is 1. The van der Waals surface area contributed by atoms with Gasteiger partial charge in [0, 0.05) is 14.1 Å². The molecule has 2 rings (SSSR count). The number of rotatable bonds is 4. The van der Waals surface area contributed by atoms with Crippen LogP contribution in [-0.2, 0) is 18.8 Å². The van der Waals surface area contributed by atoms with Crippen molar-refractivity contribution in [2.24, 2.45) is 14.1 Å². The zero-order chi connectivity index (χ0) is 18.9. The molecule has 0 bridgehead atoms. The average Bonchev–Trinajstić information content (AvgIpc) is 2.58. The molecule has 0 aliphatic carbocycles. The second-order valence-corrected chi connectivity index (χ2v) is 5.71. The van der Waals surface area contributed by atoms with Gasteiger partial charge in [0.05, 0.1) is 5.56 Å². The highest BCUT2D eigenvalue weighted by Crippen LogP contribution is 2.14. The van der Waals surface area contributed by atoms with Crippen molar-refractivity contribution in [3.63, 3.8) is 0 Å². The minimum Gasteiger partial charge on any atom is -0.454 e. The van der Waals surface area contributed by atoms with E-state index < -0.39 is 29.6 Å². The van der Waals surface area contributed by atoms with Crippen molar-refractivity contribution in [3.8, 4) is 0 Å². The van der Waals surface area contributed by atoms with Gasteiger partial charge in [-0.25, -0.2) is 9.59 Å². The lowest BCUT2D eigenvalue weighted by molar-refractivity contribution is 0.0473. The Hall–Kier alpha value is -3.16. The molecule has 0 atom stereocenters. The van der Waals surface area contributed by atoms with Gasteiger partial charge in [-0.1, -0.05) is 12.1 Å². The van der Waals surface area contributed by atoms with E-state index in [0.29, 0.717) is 5.56 Å². The summed E-state index contributed by atoms with van der Waals surface area (Å²) in [6, 6.07) is 5.16. The molecular weight excluding hydrogens is 326 g/mol. The molecule has 1 aromatic heterocycles. The van der Waals surface area contributed by atoms with Crippen LogP contribution >= 0.6 is 0 Å². The first-order chi connectivity index (χ1) is 11.7. The molecule has 0 aliphatic rings. The Morgan fingerprint density at radius 1 is 1.12 bits per heavy atom. The summed E-state index contributed by atoms with van der Waals surface area (Å²) in [7, 11) is 2.58. The first-order valence-corrected chi connectivity index (χ1v) is 7.48. The number of benzene rings is 1. The third-order valence-corrected chi connectivity index (χ3v) is 4.15. The Morgan fingerprint density at radius 3 is 2.40 bits per heavy atom. The zero-order valence-corrected chi connectivity index (χ0v) is 14.5. The minimum atomic E-state index is -0.826. The third kappa shape index (κ3) is 3.23. The fourth-order valence-electron chi connectivity index (χ4n) is 2.38. The van der Waals surface area contributed by atoms with Gasteiger partial charge in [-0.15, -0.1) is 0 Å². The summed E-state index contributed by atoms with van der Waals surface area (Å²) in [5.74, 6) is -1.71. The van der Waals surface area contributed by atoms with Crippen molar-refractivity contribution in [3.05, 3.63) is 61.3 Å². The summed E-state index contributed by atoms with van der Waals surface area (Å²) >= 11 is 0. The van der Waals surface area contributed by atoms with Crippen LogP contribution in [0.3, 0.4) is 0 Å². The smallest absolute Gasteiger partial charge is 0.338 e. The number of ether oxygens (including phenoxy) is 1. The second-order valence-electron chi connectivity index (χ2n) is 5.71. The van der Waals surface area contributed by atoms with Gasteiger partial charge in [0.25, 0.3) is 5.56 Å². The Labute approximate surface area is 143 Å². The maximum absolute atomic E-state index is 12.3. The SMILES string of the molecule is Cc1cccc(C(=O)OCC(=O)c2c(N)n(C)c(=O)n(C)c2=O)c1C. The summed E-state index contributed by atoms with van der Waals surface area (Å²) in [5, 5.41) is 0. The standard InChI is InChI=1S/C17H19N3O5/c1-9-6-5-7-11(10(9)2)16(23)25-8-12(21)13-14(18)19(3)17(24)20(4)15(13)22/h5-7H,8,18H2,1-4H3. The molecule has 8 nitrogen and oxygen atoms in total. The van der Waals surface area contributed by atoms with E-state index in [1.54, 1.807) is 19.1 Å². The molecule has 0 aliphatic heterocycles. The highest BCUT2D eigenvalue weighted by atomic mass is 16.5. The topological polar surface area (TPSA) is 113 Å². The number of carbonyl (C=O) groups excluding carboxylic acids is 2. The van der Waals surface area contributed by atoms with Gasteiger partial charge >= 0.3 is 11.7 Å². The highest BCUT2D eigenvalue weighted by molar-refractivity contribution is 6.02. The maximum Gasteiger partial charge on any atom is 0.338 e. The monoisotopic (exact) mass is 345 g/mol. The van der Waals surface area contributed by atoms with E-state index in [2.05, 4.69) is 0 Å². The Kier molecular flexibility index (Phi) is 4.92. The normalized spacial score (nSPS) is 10.6. The van der Waals surface area contributed by atoms with Crippen LogP contribution < -0.4 is 17.0 Å². The van der Waals surface area contributed by atoms with Crippen molar-refractivity contribution in [1.82, 2.24) is 9.13 Å². The van der Waals surface area contributed by atoms with E-state index in [4.69, 9.17) is 10.5 Å². The van der Waals surface area contributed by atoms with Crippen LogP contribution in [-0.4, -0.2) is 27.5 Å². The van der Waals surface area contributed by atoms with Gasteiger partial charge in [-0.05, 0) is 31.0 Å². The summed E-state index contributed by atoms with van der Waals surface area (Å²) < 4.78 is 6.78. The van der Waals surface area contributed by atoms with Gasteiger partial charge in [-0.3, -0.25) is 18.7 Å². The molecule has 0 saturated heterocycles. The number of nitrogens with zero attached hydrogens (tertiary/aromatic N) is 2. The van der Waals surface area contributed by atoms with Gasteiger partial charge in [0.15, 0.2) is 6.61 Å². The molecule has 1 heterocycles. The molecule has 0 fully saturated rings. The highest BCUT2D eigenvalue weighted by Gasteiger charge is 2.22. The van der Waals surface area contributed by atoms with Crippen molar-refractivity contribution in [2.75, 3.05) is 12.3 Å². The Balaban J connectivity index is 2.27. The zero-order valence-electron chi connectivity index (χ0n) is 14.5. The van der Waals surface area contributed by atoms with Crippen molar-refractivity contribution < 1.29 is 14.3 Å². The first kappa shape index (κ1) is 18.2. The average molecular weight is 345 g/mol. The molecule has 0 saturated carbocycles. The quantitative estimate of drug-likeness (QED) is 0.631. The van der Waals surface area contributed by atoms with E-state index >= 15 is 0 Å². The lowest BCUT2D eigenvalue weighted by Crippen LogP contribution is -2.42. The molecule has 2 aromatic rings. The summed E-state index contributed by atoms with van der Waals surface area (Å²) in [4.78, 5) is 48.4. The number of carbonyl (C=O) groups is 2. The van der Waals surface area contributed by atoms with Crippen LogP contribution in [0.4, 0.5) is 5.82 Å². The molecule has 0 unspecified atom stereocenters. The van der Waals surface area contributed by atoms with Gasteiger partial charge in [-0.2, -0.15) is 0 Å². The van der Waals surface area contributed by atoms with E-state index in [9.17, 15) is 19.2 Å². The number of nitrogen functional groups attached to an aromatic ring is 1. The first-order valence-electron chi connectivity index (χ1n) is 7.48. The minimum absolute atomic E-state index is 0.263. The number of Topliss-reactive ketones (excluding diaryl/α,β-unsaturated/α-hetero) is 1. The lowest BCUT2D eigenvalue weighted by Gasteiger charge is -2.11. The van der Waals surface area contributed by atoms with E-state index in [-0.39, 0.29) is 11.4 Å². The van der Waals surface area contributed by atoms with Gasteiger partial charge in [0.2, 0.25) is 5.78 Å². The van der Waals surface area contributed by atoms with Crippen LogP contribution in [0.1, 0.15) is 31.8 Å². The summed E-state index contributed by atoms with van der Waals surface area (Å²) in [6.07, 6.45) is 0.